The zero-order valence-corrected chi connectivity index (χ0v) is 21.0. The first-order valence-electron chi connectivity index (χ1n) is 12.1. The van der Waals surface area contributed by atoms with Gasteiger partial charge in [-0.3, -0.25) is 4.79 Å². The molecule has 1 amide bonds. The maximum absolute atomic E-state index is 13.3. The Labute approximate surface area is 206 Å². The lowest BCUT2D eigenvalue weighted by Gasteiger charge is -2.24. The smallest absolute Gasteiger partial charge is 0.264 e. The van der Waals surface area contributed by atoms with Crippen molar-refractivity contribution in [2.45, 2.75) is 51.6 Å². The molecular weight excluding hydrogens is 442 g/mol. The highest BCUT2D eigenvalue weighted by Gasteiger charge is 2.28. The topological polar surface area (TPSA) is 62.9 Å². The first-order valence-corrected chi connectivity index (χ1v) is 12.9. The Bertz CT molecular complexity index is 1110. The predicted molar refractivity (Wildman–Crippen MR) is 139 cm³/mol. The van der Waals surface area contributed by atoms with Gasteiger partial charge in [0.15, 0.2) is 0 Å². The van der Waals surface area contributed by atoms with Gasteiger partial charge in [0.2, 0.25) is 0 Å². The van der Waals surface area contributed by atoms with Crippen LogP contribution in [0.3, 0.4) is 0 Å². The fourth-order valence-electron chi connectivity index (χ4n) is 4.64. The van der Waals surface area contributed by atoms with Crippen molar-refractivity contribution in [3.8, 4) is 6.07 Å². The van der Waals surface area contributed by atoms with Gasteiger partial charge in [0.25, 0.3) is 5.91 Å². The Morgan fingerprint density at radius 3 is 2.74 bits per heavy atom. The van der Waals surface area contributed by atoms with Crippen molar-refractivity contribution in [1.29, 1.82) is 5.26 Å². The van der Waals surface area contributed by atoms with E-state index in [1.165, 1.54) is 30.6 Å². The number of nitriles is 1. The van der Waals surface area contributed by atoms with E-state index in [1.54, 1.807) is 0 Å². The molecule has 178 valence electrons. The van der Waals surface area contributed by atoms with E-state index in [9.17, 15) is 10.1 Å². The molecule has 2 fully saturated rings. The number of amides is 1. The van der Waals surface area contributed by atoms with Gasteiger partial charge in [0, 0.05) is 45.0 Å². The highest BCUT2D eigenvalue weighted by atomic mass is 32.1. The van der Waals surface area contributed by atoms with Gasteiger partial charge >= 0.3 is 0 Å². The summed E-state index contributed by atoms with van der Waals surface area (Å²) in [6.07, 6.45) is 7.68. The van der Waals surface area contributed by atoms with Crippen molar-refractivity contribution in [1.82, 2.24) is 14.7 Å². The summed E-state index contributed by atoms with van der Waals surface area (Å²) in [5.41, 5.74) is 3.20. The number of hydrogen-bond acceptors (Lipinski definition) is 5. The first kappa shape index (κ1) is 24.0. The van der Waals surface area contributed by atoms with Crippen LogP contribution in [-0.4, -0.2) is 59.7 Å². The van der Waals surface area contributed by atoms with Gasteiger partial charge in [-0.15, -0.1) is 11.3 Å². The molecular formula is C27H33N5OS. The summed E-state index contributed by atoms with van der Waals surface area (Å²) >= 11 is 1.47. The average Bonchev–Trinajstić information content (AvgIpc) is 3.49. The molecule has 2 saturated heterocycles. The molecule has 1 aromatic carbocycles. The number of hydrogen-bond donors (Lipinski definition) is 0. The monoisotopic (exact) mass is 475 g/mol. The lowest BCUT2D eigenvalue weighted by molar-refractivity contribution is 0.0752. The third-order valence-electron chi connectivity index (χ3n) is 6.76. The Morgan fingerprint density at radius 2 is 2.03 bits per heavy atom. The summed E-state index contributed by atoms with van der Waals surface area (Å²) in [7, 11) is 1.97. The number of rotatable bonds is 7. The van der Waals surface area contributed by atoms with E-state index in [2.05, 4.69) is 24.5 Å². The van der Waals surface area contributed by atoms with Crippen LogP contribution in [0.5, 0.6) is 0 Å². The largest absolute Gasteiger partial charge is 0.369 e. The van der Waals surface area contributed by atoms with E-state index in [4.69, 9.17) is 4.99 Å². The molecule has 34 heavy (non-hydrogen) atoms. The Kier molecular flexibility index (Phi) is 7.69. The minimum atomic E-state index is 0.0842. The van der Waals surface area contributed by atoms with E-state index >= 15 is 0 Å². The normalized spacial score (nSPS) is 18.3. The number of benzene rings is 1. The number of piperidine rings is 1. The number of nitrogens with zero attached hydrogens (tertiary/aromatic N) is 5. The molecule has 4 rings (SSSR count). The molecule has 7 heteroatoms. The van der Waals surface area contributed by atoms with Crippen LogP contribution in [0.25, 0.3) is 5.70 Å². The highest BCUT2D eigenvalue weighted by Crippen LogP contribution is 2.37. The molecule has 6 nitrogen and oxygen atoms in total. The van der Waals surface area contributed by atoms with E-state index in [-0.39, 0.29) is 11.9 Å². The molecule has 0 spiro atoms. The molecule has 1 atom stereocenters. The number of carbonyl (C=O) groups is 1. The van der Waals surface area contributed by atoms with E-state index < -0.39 is 0 Å². The molecule has 1 aromatic heterocycles. The first-order chi connectivity index (χ1) is 16.5. The van der Waals surface area contributed by atoms with Gasteiger partial charge in [-0.2, -0.15) is 5.26 Å². The zero-order valence-electron chi connectivity index (χ0n) is 20.2. The van der Waals surface area contributed by atoms with Crippen LogP contribution in [0, 0.1) is 11.3 Å². The summed E-state index contributed by atoms with van der Waals surface area (Å²) in [6.45, 7) is 9.89. The molecule has 3 heterocycles. The third kappa shape index (κ3) is 5.34. The number of carbonyl (C=O) groups excluding carboxylic acids is 1. The Morgan fingerprint density at radius 1 is 1.26 bits per heavy atom. The molecule has 0 radical (unpaired) electrons. The van der Waals surface area contributed by atoms with Crippen LogP contribution >= 0.6 is 11.3 Å². The molecule has 0 aliphatic carbocycles. The van der Waals surface area contributed by atoms with Crippen LogP contribution < -0.4 is 0 Å². The predicted octanol–water partition coefficient (Wildman–Crippen LogP) is 5.49. The molecule has 2 aliphatic heterocycles. The second-order valence-electron chi connectivity index (χ2n) is 9.23. The summed E-state index contributed by atoms with van der Waals surface area (Å²) in [6, 6.07) is 12.1. The Hall–Kier alpha value is -3.11. The van der Waals surface area contributed by atoms with Crippen molar-refractivity contribution in [3.63, 3.8) is 0 Å². The number of aliphatic imine (C=N–C) groups is 1. The van der Waals surface area contributed by atoms with Crippen molar-refractivity contribution in [2.24, 2.45) is 4.99 Å². The quantitative estimate of drug-likeness (QED) is 0.392. The van der Waals surface area contributed by atoms with Gasteiger partial charge in [-0.1, -0.05) is 24.8 Å². The van der Waals surface area contributed by atoms with E-state index in [0.717, 1.165) is 54.3 Å². The number of thiophene rings is 1. The third-order valence-corrected chi connectivity index (χ3v) is 7.92. The Balaban J connectivity index is 1.61. The fourth-order valence-corrected chi connectivity index (χ4v) is 5.72. The molecule has 2 aliphatic rings. The summed E-state index contributed by atoms with van der Waals surface area (Å²) in [5.74, 6) is 0.0842. The van der Waals surface area contributed by atoms with Crippen LogP contribution in [0.15, 0.2) is 41.9 Å². The SMILES string of the molecule is C=C(c1sc(C(=O)N2CCCC2C)cc1N=CN1CCCCC1)N(C)Cc1ccccc1C#N. The highest BCUT2D eigenvalue weighted by molar-refractivity contribution is 7.15. The molecule has 0 N–H and O–H groups in total. The lowest BCUT2D eigenvalue weighted by atomic mass is 10.1. The minimum absolute atomic E-state index is 0.0842. The van der Waals surface area contributed by atoms with Crippen LogP contribution in [-0.2, 0) is 6.54 Å². The summed E-state index contributed by atoms with van der Waals surface area (Å²) in [4.78, 5) is 26.0. The lowest BCUT2D eigenvalue weighted by Crippen LogP contribution is -2.33. The molecule has 0 saturated carbocycles. The van der Waals surface area contributed by atoms with E-state index in [1.807, 2.05) is 53.5 Å². The van der Waals surface area contributed by atoms with E-state index in [0.29, 0.717) is 17.0 Å². The van der Waals surface area contributed by atoms with Gasteiger partial charge in [-0.05, 0) is 56.7 Å². The van der Waals surface area contributed by atoms with Gasteiger partial charge < -0.3 is 14.7 Å². The zero-order chi connectivity index (χ0) is 24.1. The van der Waals surface area contributed by atoms with Crippen LogP contribution in [0.4, 0.5) is 5.69 Å². The second kappa shape index (κ2) is 10.9. The summed E-state index contributed by atoms with van der Waals surface area (Å²) < 4.78 is 0. The van der Waals surface area contributed by atoms with Crippen molar-refractivity contribution >= 4 is 35.0 Å². The number of likely N-dealkylation sites (tertiary alicyclic amines) is 2. The van der Waals surface area contributed by atoms with Crippen molar-refractivity contribution < 1.29 is 4.79 Å². The standard InChI is InChI=1S/C27H33N5OS/c1-20-10-9-15-32(20)27(33)25-16-24(29-19-31-13-7-4-8-14-31)26(34-25)21(2)30(3)18-23-12-6-5-11-22(23)17-28/h5-6,11-12,16,19-20H,2,4,7-10,13-15,18H2,1,3H3. The second-order valence-corrected chi connectivity index (χ2v) is 10.3. The van der Waals surface area contributed by atoms with Gasteiger partial charge in [0.1, 0.15) is 0 Å². The van der Waals surface area contributed by atoms with Gasteiger partial charge in [-0.25, -0.2) is 4.99 Å². The van der Waals surface area contributed by atoms with Crippen LogP contribution in [0.2, 0.25) is 0 Å². The van der Waals surface area contributed by atoms with Crippen molar-refractivity contribution in [3.05, 3.63) is 57.8 Å². The van der Waals surface area contributed by atoms with Crippen molar-refractivity contribution in [2.75, 3.05) is 26.7 Å². The van der Waals surface area contributed by atoms with Gasteiger partial charge in [0.05, 0.1) is 33.4 Å². The minimum Gasteiger partial charge on any atom is -0.369 e. The summed E-state index contributed by atoms with van der Waals surface area (Å²) in [5, 5.41) is 9.46. The molecule has 2 aromatic rings. The maximum atomic E-state index is 13.3. The molecule has 0 bridgehead atoms. The maximum Gasteiger partial charge on any atom is 0.264 e. The molecule has 1 unspecified atom stereocenters. The van der Waals surface area contributed by atoms with Crippen LogP contribution in [0.1, 0.15) is 64.7 Å². The average molecular weight is 476 g/mol. The fraction of sp³-hybridized carbons (Fsp3) is 0.444.